The summed E-state index contributed by atoms with van der Waals surface area (Å²) in [5.41, 5.74) is 0. The highest BCUT2D eigenvalue weighted by Gasteiger charge is 2.30. The van der Waals surface area contributed by atoms with Crippen molar-refractivity contribution in [3.05, 3.63) is 0 Å². The first kappa shape index (κ1) is 96.1. The lowest BCUT2D eigenvalue weighted by Crippen LogP contribution is -2.30. The Morgan fingerprint density at radius 1 is 0.276 bits per heavy atom. The van der Waals surface area contributed by atoms with Crippen molar-refractivity contribution < 1.29 is 80.2 Å². The van der Waals surface area contributed by atoms with Crippen molar-refractivity contribution in [1.29, 1.82) is 0 Å². The molecule has 0 fully saturated rings. The van der Waals surface area contributed by atoms with E-state index in [1.54, 1.807) is 0 Å². The molecule has 0 saturated heterocycles. The Hall–Kier alpha value is -1.94. The van der Waals surface area contributed by atoms with Gasteiger partial charge in [-0.3, -0.25) is 37.3 Å². The van der Waals surface area contributed by atoms with Gasteiger partial charge in [0.1, 0.15) is 19.3 Å². The molecule has 0 aliphatic heterocycles. The summed E-state index contributed by atoms with van der Waals surface area (Å²) in [5, 5.41) is 10.6. The van der Waals surface area contributed by atoms with Gasteiger partial charge in [0, 0.05) is 25.7 Å². The molecule has 98 heavy (non-hydrogen) atoms. The molecule has 2 unspecified atom stereocenters. The van der Waals surface area contributed by atoms with Crippen molar-refractivity contribution in [1.82, 2.24) is 0 Å². The van der Waals surface area contributed by atoms with Crippen LogP contribution in [0.3, 0.4) is 0 Å². The molecule has 582 valence electrons. The number of phosphoric acid groups is 2. The third-order valence-electron chi connectivity index (χ3n) is 18.4. The largest absolute Gasteiger partial charge is 0.472 e. The van der Waals surface area contributed by atoms with Gasteiger partial charge in [-0.05, 0) is 43.4 Å². The van der Waals surface area contributed by atoms with E-state index in [1.807, 2.05) is 0 Å². The molecule has 0 aromatic rings. The lowest BCUT2D eigenvalue weighted by atomic mass is 10.0. The van der Waals surface area contributed by atoms with Crippen LogP contribution in [0, 0.1) is 17.8 Å². The maximum atomic E-state index is 13.1. The zero-order chi connectivity index (χ0) is 72.3. The van der Waals surface area contributed by atoms with E-state index in [0.29, 0.717) is 25.7 Å². The molecule has 17 nitrogen and oxygen atoms in total. The predicted molar refractivity (Wildman–Crippen MR) is 400 cm³/mol. The number of carbonyl (C=O) groups excluding carboxylic acids is 4. The molecule has 0 aromatic heterocycles. The molecule has 3 N–H and O–H groups in total. The molecule has 19 heteroatoms. The quantitative estimate of drug-likeness (QED) is 0.0222. The summed E-state index contributed by atoms with van der Waals surface area (Å²) in [4.78, 5) is 72.9. The molecule has 0 saturated carbocycles. The van der Waals surface area contributed by atoms with Crippen LogP contribution in [0.15, 0.2) is 0 Å². The van der Waals surface area contributed by atoms with Gasteiger partial charge in [0.2, 0.25) is 0 Å². The number of unbranched alkanes of at least 4 members (excludes halogenated alkanes) is 45. The minimum absolute atomic E-state index is 0.105. The number of rotatable bonds is 77. The molecule has 0 heterocycles. The second-order valence-corrected chi connectivity index (χ2v) is 32.8. The van der Waals surface area contributed by atoms with E-state index in [-0.39, 0.29) is 25.7 Å². The Kier molecular flexibility index (Phi) is 68.1. The van der Waals surface area contributed by atoms with Crippen LogP contribution in [0.4, 0.5) is 0 Å². The number of aliphatic hydroxyl groups is 1. The number of ether oxygens (including phenoxy) is 4. The summed E-state index contributed by atoms with van der Waals surface area (Å²) < 4.78 is 68.6. The minimum atomic E-state index is -4.96. The van der Waals surface area contributed by atoms with Gasteiger partial charge in [-0.25, -0.2) is 9.13 Å². The topological polar surface area (TPSA) is 237 Å². The lowest BCUT2D eigenvalue weighted by Gasteiger charge is -2.21. The van der Waals surface area contributed by atoms with Crippen LogP contribution in [-0.2, 0) is 65.4 Å². The molecule has 0 amide bonds. The van der Waals surface area contributed by atoms with E-state index in [1.165, 1.54) is 218 Å². The first-order valence-corrected chi connectivity index (χ1v) is 43.8. The highest BCUT2D eigenvalue weighted by atomic mass is 31.2. The molecule has 5 atom stereocenters. The highest BCUT2D eigenvalue weighted by molar-refractivity contribution is 7.47. The average molecular weight is 1440 g/mol. The van der Waals surface area contributed by atoms with Crippen molar-refractivity contribution in [2.45, 2.75) is 426 Å². The Bertz CT molecular complexity index is 1900. The van der Waals surface area contributed by atoms with Gasteiger partial charge in [0.25, 0.3) is 0 Å². The van der Waals surface area contributed by atoms with Crippen LogP contribution in [0.25, 0.3) is 0 Å². The fraction of sp³-hybridized carbons (Fsp3) is 0.949. The summed E-state index contributed by atoms with van der Waals surface area (Å²) in [6.07, 6.45) is 56.9. The smallest absolute Gasteiger partial charge is 0.462 e. The van der Waals surface area contributed by atoms with Gasteiger partial charge >= 0.3 is 39.5 Å². The predicted octanol–water partition coefficient (Wildman–Crippen LogP) is 23.4. The van der Waals surface area contributed by atoms with Gasteiger partial charge in [-0.2, -0.15) is 0 Å². The first-order chi connectivity index (χ1) is 47.2. The van der Waals surface area contributed by atoms with Crippen LogP contribution >= 0.6 is 15.6 Å². The fourth-order valence-corrected chi connectivity index (χ4v) is 13.7. The Morgan fingerprint density at radius 2 is 0.469 bits per heavy atom. The summed E-state index contributed by atoms with van der Waals surface area (Å²) in [6, 6.07) is 0. The standard InChI is InChI=1S/C79H154O17P2/c1-8-9-10-11-12-29-39-46-53-60-76(81)89-66-74(96-79(84)63-56-49-42-35-28-32-38-45-52-59-72(6)7)68-93-97(85,86)91-64-73(80)65-92-98(87,88)94-69-75(67-90-77(82)61-54-47-40-33-26-22-19-15-17-21-25-31-37-44-51-58-71(4)5)95-78(83)62-55-48-41-34-27-23-18-14-13-16-20-24-30-36-43-50-57-70(2)3/h70-75,80H,8-69H2,1-7H3,(H,85,86)(H,87,88)/t73-,74+,75+/m0/s1. The van der Waals surface area contributed by atoms with Crippen molar-refractivity contribution in [2.24, 2.45) is 17.8 Å². The summed E-state index contributed by atoms with van der Waals surface area (Å²) in [7, 11) is -9.91. The summed E-state index contributed by atoms with van der Waals surface area (Å²) in [6.45, 7) is 11.9. The minimum Gasteiger partial charge on any atom is -0.462 e. The number of hydrogen-bond donors (Lipinski definition) is 3. The maximum Gasteiger partial charge on any atom is 0.472 e. The third kappa shape index (κ3) is 72.4. The monoisotopic (exact) mass is 1440 g/mol. The van der Waals surface area contributed by atoms with Crippen LogP contribution < -0.4 is 0 Å². The van der Waals surface area contributed by atoms with E-state index in [9.17, 15) is 43.2 Å². The van der Waals surface area contributed by atoms with Crippen LogP contribution in [-0.4, -0.2) is 96.7 Å². The fourth-order valence-electron chi connectivity index (χ4n) is 12.1. The SMILES string of the molecule is CCCCCCCCCCCC(=O)OC[C@H](COP(=O)(O)OC[C@H](O)COP(=O)(O)OC[C@@H](COC(=O)CCCCCCCCCCCCCCCCCC(C)C)OC(=O)CCCCCCCCCCCCCCCCCCC(C)C)OC(=O)CCCCCCCCCCCC(C)C. The van der Waals surface area contributed by atoms with Crippen LogP contribution in [0.2, 0.25) is 0 Å². The van der Waals surface area contributed by atoms with Gasteiger partial charge in [0.15, 0.2) is 12.2 Å². The van der Waals surface area contributed by atoms with Crippen molar-refractivity contribution in [3.8, 4) is 0 Å². The summed E-state index contributed by atoms with van der Waals surface area (Å²) >= 11 is 0. The highest BCUT2D eigenvalue weighted by Crippen LogP contribution is 2.45. The third-order valence-corrected chi connectivity index (χ3v) is 20.3. The Morgan fingerprint density at radius 3 is 0.694 bits per heavy atom. The van der Waals surface area contributed by atoms with Gasteiger partial charge in [-0.15, -0.1) is 0 Å². The number of aliphatic hydroxyl groups excluding tert-OH is 1. The van der Waals surface area contributed by atoms with E-state index in [2.05, 4.69) is 48.5 Å². The van der Waals surface area contributed by atoms with Crippen molar-refractivity contribution in [2.75, 3.05) is 39.6 Å². The Balaban J connectivity index is 5.22. The molecule has 0 aliphatic rings. The molecule has 0 aromatic carbocycles. The van der Waals surface area contributed by atoms with Crippen molar-refractivity contribution in [3.63, 3.8) is 0 Å². The molecular formula is C79H154O17P2. The number of esters is 4. The molecule has 0 bridgehead atoms. The van der Waals surface area contributed by atoms with Crippen LogP contribution in [0.5, 0.6) is 0 Å². The number of phosphoric ester groups is 2. The van der Waals surface area contributed by atoms with Gasteiger partial charge in [0.05, 0.1) is 26.4 Å². The number of hydrogen-bond acceptors (Lipinski definition) is 15. The zero-order valence-corrected chi connectivity index (χ0v) is 66.0. The van der Waals surface area contributed by atoms with Gasteiger partial charge in [-0.1, -0.05) is 357 Å². The molecule has 0 rings (SSSR count). The lowest BCUT2D eigenvalue weighted by molar-refractivity contribution is -0.161. The second-order valence-electron chi connectivity index (χ2n) is 29.9. The van der Waals surface area contributed by atoms with E-state index in [0.717, 1.165) is 108 Å². The summed E-state index contributed by atoms with van der Waals surface area (Å²) in [5.74, 6) is 0.237. The average Bonchev–Trinajstić information content (AvgIpc) is 1.08. The van der Waals surface area contributed by atoms with E-state index in [4.69, 9.17) is 37.0 Å². The molecular weight excluding hydrogens is 1280 g/mol. The normalized spacial score (nSPS) is 14.0. The Labute approximate surface area is 600 Å². The first-order valence-electron chi connectivity index (χ1n) is 40.8. The van der Waals surface area contributed by atoms with E-state index >= 15 is 0 Å². The molecule has 0 radical (unpaired) electrons. The van der Waals surface area contributed by atoms with Gasteiger partial charge < -0.3 is 33.8 Å². The molecule has 0 spiro atoms. The zero-order valence-electron chi connectivity index (χ0n) is 64.3. The number of carbonyl (C=O) groups is 4. The maximum absolute atomic E-state index is 13.1. The molecule has 0 aliphatic carbocycles. The van der Waals surface area contributed by atoms with Crippen LogP contribution in [0.1, 0.15) is 408 Å². The van der Waals surface area contributed by atoms with E-state index < -0.39 is 97.5 Å². The second kappa shape index (κ2) is 69.4. The van der Waals surface area contributed by atoms with Crippen molar-refractivity contribution >= 4 is 39.5 Å².